The first kappa shape index (κ1) is 13.8. The van der Waals surface area contributed by atoms with E-state index in [9.17, 15) is 8.42 Å². The van der Waals surface area contributed by atoms with Crippen LogP contribution in [0.25, 0.3) is 0 Å². The molecule has 0 fully saturated rings. The van der Waals surface area contributed by atoms with Gasteiger partial charge in [0.2, 0.25) is 0 Å². The minimum absolute atomic E-state index is 0.131. The molecule has 0 atom stereocenters. The molecule has 0 spiro atoms. The zero-order chi connectivity index (χ0) is 12.0. The van der Waals surface area contributed by atoms with E-state index >= 15 is 0 Å². The van der Waals surface area contributed by atoms with Gasteiger partial charge in [0.05, 0.1) is 0 Å². The summed E-state index contributed by atoms with van der Waals surface area (Å²) in [4.78, 5) is 0. The Morgan fingerprint density at radius 1 is 1.31 bits per heavy atom. The summed E-state index contributed by atoms with van der Waals surface area (Å²) in [5.41, 5.74) is 0. The van der Waals surface area contributed by atoms with Gasteiger partial charge in [0.25, 0.3) is 0 Å². The molecule has 0 saturated carbocycles. The molecule has 0 aliphatic carbocycles. The van der Waals surface area contributed by atoms with Crippen LogP contribution in [0.2, 0.25) is 4.47 Å². The zero-order valence-corrected chi connectivity index (χ0v) is 12.1. The fraction of sp³-hybridized carbons (Fsp3) is 0.400. The van der Waals surface area contributed by atoms with Crippen molar-refractivity contribution < 1.29 is 17.7 Å². The molecule has 4 nitrogen and oxygen atoms in total. The fourth-order valence-electron chi connectivity index (χ4n) is 1.10. The molecule has 0 aliphatic heterocycles. The van der Waals surface area contributed by atoms with Gasteiger partial charge >= 0.3 is 106 Å². The summed E-state index contributed by atoms with van der Waals surface area (Å²) in [7, 11) is -2.17. The van der Waals surface area contributed by atoms with Crippen molar-refractivity contribution in [3.8, 4) is 5.75 Å². The Bertz CT molecular complexity index is 413. The summed E-state index contributed by atoms with van der Waals surface area (Å²) in [6.07, 6.45) is 0.535. The van der Waals surface area contributed by atoms with Gasteiger partial charge < -0.3 is 0 Å². The van der Waals surface area contributed by atoms with E-state index in [1.165, 1.54) is 3.61 Å². The van der Waals surface area contributed by atoms with Gasteiger partial charge in [0.1, 0.15) is 0 Å². The second-order valence-electron chi connectivity index (χ2n) is 3.16. The molecule has 0 radical (unpaired) electrons. The molecule has 1 aromatic rings. The molecule has 0 amide bonds. The third-order valence-electron chi connectivity index (χ3n) is 1.87. The number of hydrogen-bond acceptors (Lipinski definition) is 3. The number of hydrogen-bond donors (Lipinski definition) is 1. The molecule has 16 heavy (non-hydrogen) atoms. The molecule has 0 aliphatic rings. The third-order valence-corrected chi connectivity index (χ3v) is 5.81. The van der Waals surface area contributed by atoms with Crippen LogP contribution in [0.4, 0.5) is 0 Å². The van der Waals surface area contributed by atoms with Crippen molar-refractivity contribution in [3.05, 3.63) is 24.3 Å². The van der Waals surface area contributed by atoms with Gasteiger partial charge in [-0.25, -0.2) is 0 Å². The molecule has 90 valence electrons. The summed E-state index contributed by atoms with van der Waals surface area (Å²) in [5.74, 6) is 0.697. The molecule has 0 heterocycles. The first-order valence-corrected chi connectivity index (χ1v) is 9.15. The number of rotatable bonds is 6. The van der Waals surface area contributed by atoms with E-state index in [0.29, 0.717) is 6.42 Å². The summed E-state index contributed by atoms with van der Waals surface area (Å²) >= 11 is -0.356. The average molecular weight is 358 g/mol. The SMILES string of the molecule is COc1ccc([Te]CCCS(=O)(=O)O)cc1. The van der Waals surface area contributed by atoms with Gasteiger partial charge in [0, 0.05) is 0 Å². The van der Waals surface area contributed by atoms with Crippen LogP contribution in [-0.4, -0.2) is 46.8 Å². The fourth-order valence-corrected chi connectivity index (χ4v) is 4.62. The number of ether oxygens (including phenoxy) is 1. The van der Waals surface area contributed by atoms with Crippen molar-refractivity contribution in [2.24, 2.45) is 0 Å². The van der Waals surface area contributed by atoms with Crippen LogP contribution in [-0.2, 0) is 10.1 Å². The molecule has 1 N–H and O–H groups in total. The summed E-state index contributed by atoms with van der Waals surface area (Å²) in [6.45, 7) is 0. The maximum atomic E-state index is 10.5. The van der Waals surface area contributed by atoms with Crippen LogP contribution in [0.5, 0.6) is 5.75 Å². The van der Waals surface area contributed by atoms with Crippen molar-refractivity contribution in [2.45, 2.75) is 10.9 Å². The van der Waals surface area contributed by atoms with E-state index < -0.39 is 10.1 Å². The van der Waals surface area contributed by atoms with Gasteiger partial charge in [-0.15, -0.1) is 0 Å². The van der Waals surface area contributed by atoms with E-state index in [2.05, 4.69) is 0 Å². The maximum absolute atomic E-state index is 10.5. The first-order chi connectivity index (χ1) is 7.51. The molecule has 0 aromatic heterocycles. The van der Waals surface area contributed by atoms with Gasteiger partial charge in [0.15, 0.2) is 0 Å². The van der Waals surface area contributed by atoms with Crippen LogP contribution < -0.4 is 8.35 Å². The standard InChI is InChI=1S/C10H14O4STe/c1-14-9-3-5-10(6-4-9)16-8-2-7-15(11,12)13/h3-6H,2,7-8H2,1H3,(H,11,12,13). The molecule has 0 saturated heterocycles. The van der Waals surface area contributed by atoms with Gasteiger partial charge in [-0.1, -0.05) is 0 Å². The van der Waals surface area contributed by atoms with Crippen LogP contribution in [0.15, 0.2) is 24.3 Å². The predicted octanol–water partition coefficient (Wildman–Crippen LogP) is 0.721. The Hall–Kier alpha value is -0.280. The second kappa shape index (κ2) is 6.45. The van der Waals surface area contributed by atoms with Crippen molar-refractivity contribution in [1.29, 1.82) is 0 Å². The van der Waals surface area contributed by atoms with Crippen LogP contribution in [0.3, 0.4) is 0 Å². The van der Waals surface area contributed by atoms with Crippen molar-refractivity contribution in [2.75, 3.05) is 12.9 Å². The van der Waals surface area contributed by atoms with Crippen molar-refractivity contribution in [1.82, 2.24) is 0 Å². The summed E-state index contributed by atoms with van der Waals surface area (Å²) < 4.78 is 36.7. The molecular weight excluding hydrogens is 344 g/mol. The third kappa shape index (κ3) is 5.71. The molecule has 0 unspecified atom stereocenters. The van der Waals surface area contributed by atoms with E-state index in [1.54, 1.807) is 7.11 Å². The predicted molar refractivity (Wildman–Crippen MR) is 64.2 cm³/mol. The summed E-state index contributed by atoms with van der Waals surface area (Å²) in [5, 5.41) is 0. The van der Waals surface area contributed by atoms with Gasteiger partial charge in [-0.2, -0.15) is 0 Å². The number of methoxy groups -OCH3 is 1. The average Bonchev–Trinajstić information content (AvgIpc) is 2.24. The molecule has 6 heteroatoms. The van der Waals surface area contributed by atoms with E-state index in [4.69, 9.17) is 9.29 Å². The van der Waals surface area contributed by atoms with Gasteiger partial charge in [-0.3, -0.25) is 0 Å². The van der Waals surface area contributed by atoms with E-state index in [0.717, 1.165) is 10.2 Å². The molecular formula is C10H14O4STe. The Kier molecular flexibility index (Phi) is 5.56. The van der Waals surface area contributed by atoms with Gasteiger partial charge in [-0.05, 0) is 0 Å². The van der Waals surface area contributed by atoms with Crippen LogP contribution in [0.1, 0.15) is 6.42 Å². The zero-order valence-electron chi connectivity index (χ0n) is 8.92. The van der Waals surface area contributed by atoms with Crippen molar-refractivity contribution >= 4 is 34.7 Å². The van der Waals surface area contributed by atoms with Crippen LogP contribution >= 0.6 is 0 Å². The Labute approximate surface area is 106 Å². The van der Waals surface area contributed by atoms with E-state index in [1.807, 2.05) is 24.3 Å². The molecule has 1 rings (SSSR count). The second-order valence-corrected chi connectivity index (χ2v) is 8.07. The summed E-state index contributed by atoms with van der Waals surface area (Å²) in [6, 6.07) is 7.83. The molecule has 1 aromatic carbocycles. The Morgan fingerprint density at radius 3 is 2.44 bits per heavy atom. The normalized spacial score (nSPS) is 11.4. The Morgan fingerprint density at radius 2 is 1.94 bits per heavy atom. The monoisotopic (exact) mass is 360 g/mol. The van der Waals surface area contributed by atoms with Crippen molar-refractivity contribution in [3.63, 3.8) is 0 Å². The van der Waals surface area contributed by atoms with Crippen LogP contribution in [0, 0.1) is 0 Å². The van der Waals surface area contributed by atoms with E-state index in [-0.39, 0.29) is 26.7 Å². The number of benzene rings is 1. The first-order valence-electron chi connectivity index (χ1n) is 4.73. The molecule has 0 bridgehead atoms. The quantitative estimate of drug-likeness (QED) is 0.463. The topological polar surface area (TPSA) is 63.6 Å². The minimum atomic E-state index is -3.79. The Balaban J connectivity index is 2.32.